The SMILES string of the molecule is CN=C(NCCCNC(=O)c1occc1C)NCc1ccc(OC)cc1OC1CCCC1.I. The van der Waals surface area contributed by atoms with Crippen LogP contribution in [0.2, 0.25) is 0 Å². The predicted octanol–water partition coefficient (Wildman–Crippen LogP) is 4.02. The number of methoxy groups -OCH3 is 1. The van der Waals surface area contributed by atoms with Gasteiger partial charge in [0, 0.05) is 43.9 Å². The van der Waals surface area contributed by atoms with Crippen LogP contribution in [0, 0.1) is 6.92 Å². The maximum atomic E-state index is 12.1. The zero-order chi connectivity index (χ0) is 22.8. The molecule has 9 heteroatoms. The molecule has 0 bridgehead atoms. The Kier molecular flexibility index (Phi) is 11.4. The quantitative estimate of drug-likeness (QED) is 0.173. The number of carbonyl (C=O) groups excluding carboxylic acids is 1. The fraction of sp³-hybridized carbons (Fsp3) is 0.500. The summed E-state index contributed by atoms with van der Waals surface area (Å²) >= 11 is 0. The summed E-state index contributed by atoms with van der Waals surface area (Å²) in [6.07, 6.45) is 7.20. The van der Waals surface area contributed by atoms with E-state index in [1.807, 2.05) is 25.1 Å². The molecule has 0 radical (unpaired) electrons. The third kappa shape index (κ3) is 8.13. The standard InChI is InChI=1S/C24H34N4O4.HI/c1-17-11-14-31-22(17)23(29)26-12-6-13-27-24(25-2)28-16-18-9-10-20(30-3)15-21(18)32-19-7-4-5-8-19;/h9-11,14-15,19H,4-8,12-13,16H2,1-3H3,(H,26,29)(H2,25,27,28);1H. The lowest BCUT2D eigenvalue weighted by atomic mass is 10.2. The summed E-state index contributed by atoms with van der Waals surface area (Å²) in [4.78, 5) is 16.3. The smallest absolute Gasteiger partial charge is 0.287 e. The van der Waals surface area contributed by atoms with Crippen molar-refractivity contribution in [2.24, 2.45) is 4.99 Å². The van der Waals surface area contributed by atoms with E-state index in [1.165, 1.54) is 19.1 Å². The normalized spacial score (nSPS) is 13.8. The Labute approximate surface area is 212 Å². The van der Waals surface area contributed by atoms with Crippen molar-refractivity contribution in [2.45, 2.75) is 51.7 Å². The van der Waals surface area contributed by atoms with E-state index in [9.17, 15) is 4.79 Å². The van der Waals surface area contributed by atoms with Crippen LogP contribution in [0.25, 0.3) is 0 Å². The van der Waals surface area contributed by atoms with Crippen molar-refractivity contribution in [1.29, 1.82) is 0 Å². The molecule has 1 heterocycles. The molecule has 2 aromatic rings. The molecule has 0 spiro atoms. The maximum absolute atomic E-state index is 12.1. The van der Waals surface area contributed by atoms with Crippen LogP contribution < -0.4 is 25.4 Å². The Morgan fingerprint density at radius 2 is 1.91 bits per heavy atom. The second kappa shape index (κ2) is 14.0. The Morgan fingerprint density at radius 1 is 1.15 bits per heavy atom. The number of rotatable bonds is 10. The summed E-state index contributed by atoms with van der Waals surface area (Å²) < 4.78 is 16.8. The molecule has 3 N–H and O–H groups in total. The molecule has 1 aromatic carbocycles. The topological polar surface area (TPSA) is 97.1 Å². The molecule has 1 fully saturated rings. The molecule has 0 saturated heterocycles. The fourth-order valence-electron chi connectivity index (χ4n) is 3.69. The Morgan fingerprint density at radius 3 is 2.58 bits per heavy atom. The highest BCUT2D eigenvalue weighted by atomic mass is 127. The summed E-state index contributed by atoms with van der Waals surface area (Å²) in [5.41, 5.74) is 1.89. The van der Waals surface area contributed by atoms with E-state index < -0.39 is 0 Å². The molecule has 0 unspecified atom stereocenters. The molecule has 0 aliphatic heterocycles. The maximum Gasteiger partial charge on any atom is 0.287 e. The number of ether oxygens (including phenoxy) is 2. The number of guanidine groups is 1. The number of hydrogen-bond acceptors (Lipinski definition) is 5. The van der Waals surface area contributed by atoms with Crippen LogP contribution in [0.3, 0.4) is 0 Å². The van der Waals surface area contributed by atoms with Gasteiger partial charge in [0.25, 0.3) is 5.91 Å². The second-order valence-electron chi connectivity index (χ2n) is 7.89. The lowest BCUT2D eigenvalue weighted by Gasteiger charge is -2.19. The number of benzene rings is 1. The number of aryl methyl sites for hydroxylation is 1. The monoisotopic (exact) mass is 570 g/mol. The molecule has 0 atom stereocenters. The zero-order valence-corrected chi connectivity index (χ0v) is 21.9. The highest BCUT2D eigenvalue weighted by Crippen LogP contribution is 2.30. The molecule has 182 valence electrons. The van der Waals surface area contributed by atoms with Crippen molar-refractivity contribution < 1.29 is 18.7 Å². The first kappa shape index (κ1) is 26.8. The summed E-state index contributed by atoms with van der Waals surface area (Å²) in [5.74, 6) is 2.52. The molecular formula is C24H35IN4O4. The van der Waals surface area contributed by atoms with Crippen LogP contribution in [0.4, 0.5) is 0 Å². The zero-order valence-electron chi connectivity index (χ0n) is 19.6. The van der Waals surface area contributed by atoms with Crippen LogP contribution in [-0.4, -0.2) is 45.2 Å². The Hall–Kier alpha value is -2.43. The van der Waals surface area contributed by atoms with Crippen LogP contribution in [0.15, 0.2) is 39.9 Å². The number of nitrogens with zero attached hydrogens (tertiary/aromatic N) is 1. The van der Waals surface area contributed by atoms with Crippen molar-refractivity contribution in [3.8, 4) is 11.5 Å². The van der Waals surface area contributed by atoms with E-state index in [-0.39, 0.29) is 36.0 Å². The highest BCUT2D eigenvalue weighted by Gasteiger charge is 2.18. The lowest BCUT2D eigenvalue weighted by Crippen LogP contribution is -2.38. The lowest BCUT2D eigenvalue weighted by molar-refractivity contribution is 0.0925. The Balaban J connectivity index is 0.00000385. The van der Waals surface area contributed by atoms with E-state index in [0.717, 1.165) is 41.9 Å². The van der Waals surface area contributed by atoms with Crippen LogP contribution in [0.5, 0.6) is 11.5 Å². The molecule has 1 amide bonds. The van der Waals surface area contributed by atoms with Gasteiger partial charge >= 0.3 is 0 Å². The third-order valence-electron chi connectivity index (χ3n) is 5.54. The average molecular weight is 570 g/mol. The van der Waals surface area contributed by atoms with Crippen molar-refractivity contribution >= 4 is 35.8 Å². The van der Waals surface area contributed by atoms with Crippen LogP contribution in [0.1, 0.15) is 53.8 Å². The van der Waals surface area contributed by atoms with Gasteiger partial charge < -0.3 is 29.8 Å². The number of amides is 1. The molecule has 1 saturated carbocycles. The number of aliphatic imine (C=N–C) groups is 1. The van der Waals surface area contributed by atoms with Crippen molar-refractivity contribution in [3.63, 3.8) is 0 Å². The summed E-state index contributed by atoms with van der Waals surface area (Å²) in [7, 11) is 3.40. The average Bonchev–Trinajstić information content (AvgIpc) is 3.47. The Bertz CT molecular complexity index is 910. The minimum Gasteiger partial charge on any atom is -0.497 e. The van der Waals surface area contributed by atoms with Gasteiger partial charge in [-0.15, -0.1) is 24.0 Å². The van der Waals surface area contributed by atoms with Gasteiger partial charge in [-0.3, -0.25) is 9.79 Å². The van der Waals surface area contributed by atoms with Crippen LogP contribution >= 0.6 is 24.0 Å². The van der Waals surface area contributed by atoms with Crippen LogP contribution in [-0.2, 0) is 6.54 Å². The first-order chi connectivity index (χ1) is 15.6. The molecular weight excluding hydrogens is 535 g/mol. The molecule has 3 rings (SSSR count). The highest BCUT2D eigenvalue weighted by molar-refractivity contribution is 14.0. The van der Waals surface area contributed by atoms with Crippen molar-refractivity contribution in [2.75, 3.05) is 27.2 Å². The fourth-order valence-corrected chi connectivity index (χ4v) is 3.69. The van der Waals surface area contributed by atoms with Gasteiger partial charge in [0.2, 0.25) is 0 Å². The van der Waals surface area contributed by atoms with E-state index in [2.05, 4.69) is 20.9 Å². The van der Waals surface area contributed by atoms with Gasteiger partial charge in [-0.25, -0.2) is 0 Å². The molecule has 8 nitrogen and oxygen atoms in total. The van der Waals surface area contributed by atoms with Crippen molar-refractivity contribution in [1.82, 2.24) is 16.0 Å². The van der Waals surface area contributed by atoms with E-state index >= 15 is 0 Å². The first-order valence-electron chi connectivity index (χ1n) is 11.2. The van der Waals surface area contributed by atoms with E-state index in [1.54, 1.807) is 20.2 Å². The summed E-state index contributed by atoms with van der Waals surface area (Å²) in [6, 6.07) is 7.70. The largest absolute Gasteiger partial charge is 0.497 e. The molecule has 1 aliphatic rings. The van der Waals surface area contributed by atoms with Gasteiger partial charge in [0.05, 0.1) is 19.5 Å². The second-order valence-corrected chi connectivity index (χ2v) is 7.89. The number of furan rings is 1. The molecule has 1 aromatic heterocycles. The number of halogens is 1. The van der Waals surface area contributed by atoms with E-state index in [4.69, 9.17) is 13.9 Å². The number of carbonyl (C=O) groups is 1. The van der Waals surface area contributed by atoms with Gasteiger partial charge in [-0.1, -0.05) is 0 Å². The van der Waals surface area contributed by atoms with E-state index in [0.29, 0.717) is 31.4 Å². The third-order valence-corrected chi connectivity index (χ3v) is 5.54. The van der Waals surface area contributed by atoms with Gasteiger partial charge in [-0.05, 0) is 57.2 Å². The number of hydrogen-bond donors (Lipinski definition) is 3. The minimum atomic E-state index is -0.190. The molecule has 1 aliphatic carbocycles. The summed E-state index contributed by atoms with van der Waals surface area (Å²) in [5, 5.41) is 9.47. The van der Waals surface area contributed by atoms with Crippen molar-refractivity contribution in [3.05, 3.63) is 47.4 Å². The first-order valence-corrected chi connectivity index (χ1v) is 11.2. The predicted molar refractivity (Wildman–Crippen MR) is 140 cm³/mol. The van der Waals surface area contributed by atoms with Gasteiger partial charge in [-0.2, -0.15) is 0 Å². The summed E-state index contributed by atoms with van der Waals surface area (Å²) in [6.45, 7) is 3.65. The number of nitrogens with one attached hydrogen (secondary N) is 3. The van der Waals surface area contributed by atoms with Gasteiger partial charge in [0.15, 0.2) is 11.7 Å². The molecule has 33 heavy (non-hydrogen) atoms. The van der Waals surface area contributed by atoms with Gasteiger partial charge in [0.1, 0.15) is 11.5 Å². The minimum absolute atomic E-state index is 0.